The summed E-state index contributed by atoms with van der Waals surface area (Å²) in [5.41, 5.74) is -0.606. The molecule has 0 bridgehead atoms. The predicted octanol–water partition coefficient (Wildman–Crippen LogP) is 3.01. The van der Waals surface area contributed by atoms with Gasteiger partial charge < -0.3 is 14.4 Å². The molecule has 0 aromatic carbocycles. The number of rotatable bonds is 2. The van der Waals surface area contributed by atoms with Crippen LogP contribution in [0.5, 0.6) is 0 Å². The van der Waals surface area contributed by atoms with Crippen molar-refractivity contribution in [2.75, 3.05) is 14.1 Å². The van der Waals surface area contributed by atoms with Gasteiger partial charge in [0.1, 0.15) is 11.2 Å². The molecule has 0 unspecified atom stereocenters. The molecule has 0 rings (SSSR count). The van der Waals surface area contributed by atoms with Gasteiger partial charge in [-0.15, -0.1) is 0 Å². The third-order valence-electron chi connectivity index (χ3n) is 1.42. The molecule has 0 N–H and O–H groups in total. The minimum absolute atomic E-state index is 0.300. The summed E-state index contributed by atoms with van der Waals surface area (Å²) in [6, 6.07) is 0.492. The van der Waals surface area contributed by atoms with Crippen molar-refractivity contribution in [2.24, 2.45) is 4.99 Å². The second-order valence-corrected chi connectivity index (χ2v) is 6.11. The summed E-state index contributed by atoms with van der Waals surface area (Å²) in [7, 11) is 3.74. The zero-order valence-corrected chi connectivity index (χ0v) is 12.4. The summed E-state index contributed by atoms with van der Waals surface area (Å²) in [4.78, 5) is 6.04. The highest BCUT2D eigenvalue weighted by Gasteiger charge is 2.18. The van der Waals surface area contributed by atoms with Crippen LogP contribution < -0.4 is 0 Å². The molecule has 0 saturated carbocycles. The van der Waals surface area contributed by atoms with Gasteiger partial charge in [-0.25, -0.2) is 0 Å². The van der Waals surface area contributed by atoms with Crippen LogP contribution in [0.2, 0.25) is 0 Å². The van der Waals surface area contributed by atoms with Crippen molar-refractivity contribution in [3.63, 3.8) is 0 Å². The van der Waals surface area contributed by atoms with Crippen LogP contribution in [-0.4, -0.2) is 36.2 Å². The van der Waals surface area contributed by atoms with E-state index in [4.69, 9.17) is 9.47 Å². The summed E-state index contributed by atoms with van der Waals surface area (Å²) < 4.78 is 11.3. The number of ether oxygens (including phenoxy) is 2. The molecule has 4 nitrogen and oxygen atoms in total. The molecule has 0 amide bonds. The van der Waals surface area contributed by atoms with E-state index >= 15 is 0 Å². The van der Waals surface area contributed by atoms with Gasteiger partial charge in [0.2, 0.25) is 5.88 Å². The normalized spacial score (nSPS) is 13.3. The molecule has 0 spiro atoms. The van der Waals surface area contributed by atoms with Crippen LogP contribution in [0.25, 0.3) is 0 Å². The maximum absolute atomic E-state index is 5.72. The standard InChI is InChI=1S/C13H26N2O2/c1-10(16-12(2,3)4)14-11(15(8)9)17-13(5,6)7/h1H2,2-9H3. The Balaban J connectivity index is 4.77. The monoisotopic (exact) mass is 242 g/mol. The van der Waals surface area contributed by atoms with Crippen molar-refractivity contribution in [1.82, 2.24) is 4.90 Å². The first-order valence-corrected chi connectivity index (χ1v) is 5.74. The van der Waals surface area contributed by atoms with E-state index in [-0.39, 0.29) is 11.2 Å². The van der Waals surface area contributed by atoms with Gasteiger partial charge in [0.05, 0.1) is 0 Å². The van der Waals surface area contributed by atoms with Crippen molar-refractivity contribution >= 4 is 6.02 Å². The highest BCUT2D eigenvalue weighted by molar-refractivity contribution is 5.74. The van der Waals surface area contributed by atoms with Crippen LogP contribution in [0, 0.1) is 0 Å². The molecular formula is C13H26N2O2. The third kappa shape index (κ3) is 8.60. The summed E-state index contributed by atoms with van der Waals surface area (Å²) >= 11 is 0. The van der Waals surface area contributed by atoms with Gasteiger partial charge in [0.15, 0.2) is 0 Å². The van der Waals surface area contributed by atoms with Crippen molar-refractivity contribution in [3.05, 3.63) is 12.5 Å². The fraction of sp³-hybridized carbons (Fsp3) is 0.769. The van der Waals surface area contributed by atoms with Crippen molar-refractivity contribution in [1.29, 1.82) is 0 Å². The van der Waals surface area contributed by atoms with E-state index in [1.54, 1.807) is 4.90 Å². The lowest BCUT2D eigenvalue weighted by molar-refractivity contribution is 0.0480. The van der Waals surface area contributed by atoms with E-state index in [1.807, 2.05) is 55.6 Å². The highest BCUT2D eigenvalue weighted by atomic mass is 16.5. The lowest BCUT2D eigenvalue weighted by Crippen LogP contribution is -2.33. The van der Waals surface area contributed by atoms with Gasteiger partial charge in [-0.1, -0.05) is 0 Å². The van der Waals surface area contributed by atoms with Crippen LogP contribution in [0.15, 0.2) is 17.5 Å². The molecule has 0 aliphatic heterocycles. The van der Waals surface area contributed by atoms with Crippen LogP contribution in [0.4, 0.5) is 0 Å². The van der Waals surface area contributed by atoms with Crippen LogP contribution >= 0.6 is 0 Å². The highest BCUT2D eigenvalue weighted by Crippen LogP contribution is 2.15. The van der Waals surface area contributed by atoms with Crippen molar-refractivity contribution < 1.29 is 9.47 Å². The molecule has 0 aromatic rings. The molecule has 100 valence electrons. The summed E-state index contributed by atoms with van der Waals surface area (Å²) in [6.45, 7) is 15.5. The van der Waals surface area contributed by atoms with E-state index in [0.717, 1.165) is 0 Å². The lowest BCUT2D eigenvalue weighted by Gasteiger charge is -2.27. The summed E-state index contributed by atoms with van der Waals surface area (Å²) in [6.07, 6.45) is 0. The Bertz CT molecular complexity index is 294. The van der Waals surface area contributed by atoms with Crippen LogP contribution in [0.1, 0.15) is 41.5 Å². The van der Waals surface area contributed by atoms with Gasteiger partial charge in [-0.05, 0) is 48.1 Å². The Hall–Kier alpha value is -1.19. The number of nitrogens with zero attached hydrogens (tertiary/aromatic N) is 2. The molecule has 4 heteroatoms. The number of hydrogen-bond donors (Lipinski definition) is 0. The van der Waals surface area contributed by atoms with Crippen molar-refractivity contribution in [3.8, 4) is 0 Å². The Morgan fingerprint density at radius 1 is 0.941 bits per heavy atom. The SMILES string of the molecule is C=C(N=C(OC(C)(C)C)N(C)C)OC(C)(C)C. The Kier molecular flexibility index (Phi) is 5.05. The topological polar surface area (TPSA) is 34.1 Å². The molecular weight excluding hydrogens is 216 g/mol. The zero-order valence-electron chi connectivity index (χ0n) is 12.4. The van der Waals surface area contributed by atoms with Gasteiger partial charge >= 0.3 is 0 Å². The van der Waals surface area contributed by atoms with Gasteiger partial charge in [-0.2, -0.15) is 4.99 Å². The third-order valence-corrected chi connectivity index (χ3v) is 1.42. The quantitative estimate of drug-likeness (QED) is 0.424. The first kappa shape index (κ1) is 15.8. The first-order valence-electron chi connectivity index (χ1n) is 5.74. The minimum atomic E-state index is -0.306. The molecule has 0 atom stereocenters. The fourth-order valence-corrected chi connectivity index (χ4v) is 0.971. The number of hydrogen-bond acceptors (Lipinski definition) is 3. The average Bonchev–Trinajstić information content (AvgIpc) is 1.95. The van der Waals surface area contributed by atoms with E-state index < -0.39 is 0 Å². The number of aliphatic imine (C=N–C) groups is 1. The first-order chi connectivity index (χ1) is 7.41. The predicted molar refractivity (Wildman–Crippen MR) is 71.9 cm³/mol. The smallest absolute Gasteiger partial charge is 0.295 e. The zero-order chi connectivity index (χ0) is 13.9. The van der Waals surface area contributed by atoms with Crippen LogP contribution in [-0.2, 0) is 9.47 Å². The molecule has 0 radical (unpaired) electrons. The van der Waals surface area contributed by atoms with Gasteiger partial charge in [-0.3, -0.25) is 0 Å². The fourth-order valence-electron chi connectivity index (χ4n) is 0.971. The molecule has 0 aliphatic rings. The molecule has 0 heterocycles. The lowest BCUT2D eigenvalue weighted by atomic mass is 10.2. The Labute approximate surface area is 105 Å². The molecule has 0 aliphatic carbocycles. The minimum Gasteiger partial charge on any atom is -0.472 e. The molecule has 0 saturated heterocycles. The maximum atomic E-state index is 5.72. The van der Waals surface area contributed by atoms with Crippen molar-refractivity contribution in [2.45, 2.75) is 52.7 Å². The van der Waals surface area contributed by atoms with Crippen LogP contribution in [0.3, 0.4) is 0 Å². The van der Waals surface area contributed by atoms with E-state index in [2.05, 4.69) is 11.6 Å². The van der Waals surface area contributed by atoms with E-state index in [1.165, 1.54) is 0 Å². The molecule has 0 fully saturated rings. The summed E-state index contributed by atoms with van der Waals surface area (Å²) in [5.74, 6) is 0.352. The van der Waals surface area contributed by atoms with E-state index in [0.29, 0.717) is 11.9 Å². The second kappa shape index (κ2) is 5.43. The second-order valence-electron chi connectivity index (χ2n) is 6.11. The average molecular weight is 242 g/mol. The largest absolute Gasteiger partial charge is 0.472 e. The van der Waals surface area contributed by atoms with Gasteiger partial charge in [0, 0.05) is 14.1 Å². The summed E-state index contributed by atoms with van der Waals surface area (Å²) in [5, 5.41) is 0. The number of amidine groups is 1. The maximum Gasteiger partial charge on any atom is 0.295 e. The van der Waals surface area contributed by atoms with Gasteiger partial charge in [0.25, 0.3) is 6.02 Å². The van der Waals surface area contributed by atoms with E-state index in [9.17, 15) is 0 Å². The molecule has 17 heavy (non-hydrogen) atoms. The molecule has 0 aromatic heterocycles. The Morgan fingerprint density at radius 3 is 1.65 bits per heavy atom. The Morgan fingerprint density at radius 2 is 1.35 bits per heavy atom.